The Morgan fingerprint density at radius 2 is 1.81 bits per heavy atom. The van der Waals surface area contributed by atoms with Crippen molar-refractivity contribution in [2.45, 2.75) is 36.3 Å². The number of ether oxygens (including phenoxy) is 1. The molecule has 0 fully saturated rings. The highest BCUT2D eigenvalue weighted by Gasteiger charge is 2.38. The molecule has 164 valence electrons. The van der Waals surface area contributed by atoms with E-state index < -0.39 is 10.0 Å². The van der Waals surface area contributed by atoms with Crippen LogP contribution in [-0.4, -0.2) is 26.3 Å². The number of nitrogens with two attached hydrogens (primary N) is 1. The van der Waals surface area contributed by atoms with Gasteiger partial charge in [0.05, 0.1) is 22.3 Å². The number of aryl methyl sites for hydroxylation is 1. The lowest BCUT2D eigenvalue weighted by atomic mass is 9.93. The van der Waals surface area contributed by atoms with Crippen LogP contribution in [0.3, 0.4) is 0 Å². The molecule has 8 heteroatoms. The van der Waals surface area contributed by atoms with Gasteiger partial charge < -0.3 is 4.74 Å². The number of anilines is 1. The molecule has 0 radical (unpaired) electrons. The van der Waals surface area contributed by atoms with Crippen molar-refractivity contribution in [3.05, 3.63) is 89.7 Å². The minimum atomic E-state index is -3.79. The van der Waals surface area contributed by atoms with Gasteiger partial charge in [0.25, 0.3) is 0 Å². The number of para-hydroxylation sites is 1. The summed E-state index contributed by atoms with van der Waals surface area (Å²) in [5.74, 6) is 0.549. The molecule has 0 saturated carbocycles. The van der Waals surface area contributed by atoms with Gasteiger partial charge in [-0.05, 0) is 60.9 Å². The lowest BCUT2D eigenvalue weighted by molar-refractivity contribution is 0.146. The van der Waals surface area contributed by atoms with E-state index in [4.69, 9.17) is 15.0 Å². The number of rotatable bonds is 4. The largest absolute Gasteiger partial charge is 0.488 e. The number of hydrazone groups is 1. The summed E-state index contributed by atoms with van der Waals surface area (Å²) in [4.78, 5) is 0.0363. The third kappa shape index (κ3) is 3.99. The molecule has 32 heavy (non-hydrogen) atoms. The summed E-state index contributed by atoms with van der Waals surface area (Å²) in [5, 5.41) is 11.9. The molecule has 3 aromatic rings. The van der Waals surface area contributed by atoms with Gasteiger partial charge in [-0.25, -0.2) is 17.9 Å². The molecule has 0 aliphatic carbocycles. The van der Waals surface area contributed by atoms with Crippen LogP contribution in [-0.2, 0) is 16.4 Å². The zero-order chi connectivity index (χ0) is 22.3. The predicted molar refractivity (Wildman–Crippen MR) is 121 cm³/mol. The van der Waals surface area contributed by atoms with Gasteiger partial charge in [0, 0.05) is 12.0 Å². The summed E-state index contributed by atoms with van der Waals surface area (Å²) in [6.45, 7) is 0. The van der Waals surface area contributed by atoms with Gasteiger partial charge in [0.2, 0.25) is 10.0 Å². The number of primary sulfonamides is 1. The number of hydrogen-bond acceptors (Lipinski definition) is 5. The average Bonchev–Trinajstić information content (AvgIpc) is 3.24. The first-order valence-electron chi connectivity index (χ1n) is 10.4. The number of sulfonamides is 1. The zero-order valence-corrected chi connectivity index (χ0v) is 18.0. The highest BCUT2D eigenvalue weighted by Crippen LogP contribution is 2.35. The van der Waals surface area contributed by atoms with Crippen LogP contribution in [0.4, 0.5) is 10.1 Å². The van der Waals surface area contributed by atoms with Crippen LogP contribution < -0.4 is 14.9 Å². The van der Waals surface area contributed by atoms with Crippen LogP contribution in [0.5, 0.6) is 5.75 Å². The van der Waals surface area contributed by atoms with Gasteiger partial charge in [-0.3, -0.25) is 5.01 Å². The molecule has 2 unspecified atom stereocenters. The number of hydrogen-bond donors (Lipinski definition) is 1. The second kappa shape index (κ2) is 8.03. The molecule has 2 heterocycles. The van der Waals surface area contributed by atoms with Crippen LogP contribution in [0.2, 0.25) is 0 Å². The highest BCUT2D eigenvalue weighted by atomic mass is 32.2. The van der Waals surface area contributed by atoms with Gasteiger partial charge in [-0.1, -0.05) is 30.3 Å². The molecule has 2 aliphatic rings. The van der Waals surface area contributed by atoms with E-state index in [9.17, 15) is 12.8 Å². The molecule has 2 aliphatic heterocycles. The van der Waals surface area contributed by atoms with Crippen LogP contribution in [0.1, 0.15) is 24.0 Å². The molecule has 2 N–H and O–H groups in total. The second-order valence-corrected chi connectivity index (χ2v) is 9.58. The van der Waals surface area contributed by atoms with E-state index in [0.29, 0.717) is 6.42 Å². The Hall–Kier alpha value is -3.23. The fourth-order valence-corrected chi connectivity index (χ4v) is 4.83. The molecule has 0 amide bonds. The summed E-state index contributed by atoms with van der Waals surface area (Å²) in [6.07, 6.45) is 2.16. The highest BCUT2D eigenvalue weighted by molar-refractivity contribution is 7.89. The minimum Gasteiger partial charge on any atom is -0.488 e. The van der Waals surface area contributed by atoms with Gasteiger partial charge in [-0.2, -0.15) is 5.10 Å². The first-order valence-corrected chi connectivity index (χ1v) is 11.9. The molecule has 2 atom stereocenters. The van der Waals surface area contributed by atoms with Crippen molar-refractivity contribution in [2.24, 2.45) is 10.2 Å². The summed E-state index contributed by atoms with van der Waals surface area (Å²) in [6, 6.07) is 20.5. The van der Waals surface area contributed by atoms with E-state index in [0.717, 1.165) is 35.6 Å². The van der Waals surface area contributed by atoms with Crippen LogP contribution >= 0.6 is 0 Å². The standard InChI is InChI=1S/C24H22FN3O3S/c25-18-6-3-5-17(14-18)21-15-22(24-13-8-16-4-1-2-7-23(16)31-24)28(27-21)19-9-11-20(12-10-19)32(26,29)30/h1-7,9-12,14,22,24H,8,13,15H2,(H2,26,29,30). The molecule has 3 aromatic carbocycles. The molecular formula is C24H22FN3O3S. The van der Waals surface area contributed by atoms with E-state index >= 15 is 0 Å². The number of halogens is 1. The molecule has 0 aromatic heterocycles. The van der Waals surface area contributed by atoms with Gasteiger partial charge in [0.1, 0.15) is 17.7 Å². The summed E-state index contributed by atoms with van der Waals surface area (Å²) >= 11 is 0. The normalized spacial score (nSPS) is 20.4. The van der Waals surface area contributed by atoms with Crippen molar-refractivity contribution in [2.75, 3.05) is 5.01 Å². The van der Waals surface area contributed by atoms with Crippen molar-refractivity contribution in [1.29, 1.82) is 0 Å². The molecule has 5 rings (SSSR count). The summed E-state index contributed by atoms with van der Waals surface area (Å²) < 4.78 is 43.5. The Morgan fingerprint density at radius 3 is 2.56 bits per heavy atom. The fourth-order valence-electron chi connectivity index (χ4n) is 4.32. The van der Waals surface area contributed by atoms with Crippen LogP contribution in [0, 0.1) is 5.82 Å². The topological polar surface area (TPSA) is 85.0 Å². The third-order valence-electron chi connectivity index (χ3n) is 5.91. The number of fused-ring (bicyclic) bond motifs is 1. The second-order valence-electron chi connectivity index (χ2n) is 8.01. The third-order valence-corrected chi connectivity index (χ3v) is 6.84. The van der Waals surface area contributed by atoms with E-state index in [-0.39, 0.29) is 22.9 Å². The Kier molecular flexibility index (Phi) is 5.19. The molecular weight excluding hydrogens is 429 g/mol. The predicted octanol–water partition coefficient (Wildman–Crippen LogP) is 3.85. The van der Waals surface area contributed by atoms with Crippen LogP contribution in [0.25, 0.3) is 0 Å². The van der Waals surface area contributed by atoms with Crippen molar-refractivity contribution < 1.29 is 17.5 Å². The van der Waals surface area contributed by atoms with Gasteiger partial charge >= 0.3 is 0 Å². The Labute approximate surface area is 186 Å². The monoisotopic (exact) mass is 451 g/mol. The minimum absolute atomic E-state index is 0.0363. The Balaban J connectivity index is 1.50. The van der Waals surface area contributed by atoms with Crippen molar-refractivity contribution in [3.63, 3.8) is 0 Å². The smallest absolute Gasteiger partial charge is 0.238 e. The first kappa shape index (κ1) is 20.7. The van der Waals surface area contributed by atoms with E-state index in [1.165, 1.54) is 29.8 Å². The Bertz CT molecular complexity index is 1290. The summed E-state index contributed by atoms with van der Waals surface area (Å²) in [5.41, 5.74) is 3.37. The quantitative estimate of drug-likeness (QED) is 0.653. The Morgan fingerprint density at radius 1 is 1.03 bits per heavy atom. The van der Waals surface area contributed by atoms with E-state index in [2.05, 4.69) is 6.07 Å². The molecule has 0 spiro atoms. The molecule has 6 nitrogen and oxygen atoms in total. The lowest BCUT2D eigenvalue weighted by Crippen LogP contribution is -2.43. The van der Waals surface area contributed by atoms with Gasteiger partial charge in [0.15, 0.2) is 0 Å². The molecule has 0 bridgehead atoms. The zero-order valence-electron chi connectivity index (χ0n) is 17.2. The first-order chi connectivity index (χ1) is 15.4. The fraction of sp³-hybridized carbons (Fsp3) is 0.208. The lowest BCUT2D eigenvalue weighted by Gasteiger charge is -2.34. The van der Waals surface area contributed by atoms with E-state index in [1.54, 1.807) is 18.2 Å². The van der Waals surface area contributed by atoms with Crippen molar-refractivity contribution in [1.82, 2.24) is 0 Å². The maximum atomic E-state index is 13.9. The number of benzene rings is 3. The molecule has 0 saturated heterocycles. The van der Waals surface area contributed by atoms with Crippen LogP contribution in [0.15, 0.2) is 82.8 Å². The van der Waals surface area contributed by atoms with Gasteiger partial charge in [-0.15, -0.1) is 0 Å². The van der Waals surface area contributed by atoms with Crippen molar-refractivity contribution in [3.8, 4) is 5.75 Å². The number of nitrogens with zero attached hydrogens (tertiary/aromatic N) is 2. The maximum Gasteiger partial charge on any atom is 0.238 e. The maximum absolute atomic E-state index is 13.9. The average molecular weight is 452 g/mol. The summed E-state index contributed by atoms with van der Waals surface area (Å²) in [7, 11) is -3.79. The SMILES string of the molecule is NS(=O)(=O)c1ccc(N2N=C(c3cccc(F)c3)CC2C2CCc3ccccc3O2)cc1. The van der Waals surface area contributed by atoms with Crippen molar-refractivity contribution >= 4 is 21.4 Å². The van der Waals surface area contributed by atoms with E-state index in [1.807, 2.05) is 29.3 Å².